The van der Waals surface area contributed by atoms with E-state index in [9.17, 15) is 4.79 Å². The molecule has 4 N–H and O–H groups in total. The Labute approximate surface area is 94.0 Å². The highest BCUT2D eigenvalue weighted by molar-refractivity contribution is 5.76. The van der Waals surface area contributed by atoms with Crippen LogP contribution in [0.1, 0.15) is 6.42 Å². The predicted molar refractivity (Wildman–Crippen MR) is 61.8 cm³/mol. The summed E-state index contributed by atoms with van der Waals surface area (Å²) in [6.45, 7) is 0.584. The van der Waals surface area contributed by atoms with Crippen LogP contribution >= 0.6 is 0 Å². The van der Waals surface area contributed by atoms with Crippen LogP contribution in [0.3, 0.4) is 0 Å². The number of aromatic nitrogens is 2. The number of carbonyl (C=O) groups is 1. The van der Waals surface area contributed by atoms with Crippen molar-refractivity contribution in [2.45, 2.75) is 6.42 Å². The lowest BCUT2D eigenvalue weighted by atomic mass is 10.3. The second-order valence-corrected chi connectivity index (χ2v) is 3.25. The van der Waals surface area contributed by atoms with Gasteiger partial charge in [0.25, 0.3) is 0 Å². The third-order valence-corrected chi connectivity index (χ3v) is 2.14. The van der Waals surface area contributed by atoms with Gasteiger partial charge in [0.05, 0.1) is 0 Å². The molecule has 0 bridgehead atoms. The zero-order valence-electron chi connectivity index (χ0n) is 9.40. The van der Waals surface area contributed by atoms with Crippen molar-refractivity contribution in [3.8, 4) is 0 Å². The van der Waals surface area contributed by atoms with Crippen molar-refractivity contribution >= 4 is 17.5 Å². The Morgan fingerprint density at radius 3 is 2.94 bits per heavy atom. The summed E-state index contributed by atoms with van der Waals surface area (Å²) in [6, 6.07) is 1.71. The third-order valence-electron chi connectivity index (χ3n) is 2.14. The van der Waals surface area contributed by atoms with E-state index in [1.807, 2.05) is 11.9 Å². The van der Waals surface area contributed by atoms with E-state index >= 15 is 0 Å². The molecule has 1 aromatic heterocycles. The lowest BCUT2D eigenvalue weighted by Crippen LogP contribution is -2.27. The van der Waals surface area contributed by atoms with Crippen molar-refractivity contribution in [3.05, 3.63) is 12.4 Å². The second kappa shape index (κ2) is 5.86. The Morgan fingerprint density at radius 1 is 1.56 bits per heavy atom. The van der Waals surface area contributed by atoms with Crippen LogP contribution in [0.25, 0.3) is 0 Å². The topological polar surface area (TPSA) is 96.2 Å². The maximum Gasteiger partial charge on any atom is 0.221 e. The molecule has 0 spiro atoms. The summed E-state index contributed by atoms with van der Waals surface area (Å²) in [5, 5.41) is 2.56. The maximum absolute atomic E-state index is 11.1. The zero-order valence-corrected chi connectivity index (χ0v) is 9.40. The van der Waals surface area contributed by atoms with Crippen molar-refractivity contribution in [2.24, 2.45) is 5.84 Å². The van der Waals surface area contributed by atoms with Crippen LogP contribution in [0.15, 0.2) is 12.4 Å². The molecule has 0 aliphatic rings. The predicted octanol–water partition coefficient (Wildman–Crippen LogP) is -0.665. The smallest absolute Gasteiger partial charge is 0.221 e. The Balaban J connectivity index is 2.58. The van der Waals surface area contributed by atoms with Crippen molar-refractivity contribution in [2.75, 3.05) is 31.0 Å². The third kappa shape index (κ3) is 3.35. The number of amides is 1. The lowest BCUT2D eigenvalue weighted by Gasteiger charge is -2.17. The molecule has 1 aromatic rings. The number of nitrogen functional groups attached to an aromatic ring is 1. The minimum Gasteiger partial charge on any atom is -0.359 e. The first kappa shape index (κ1) is 12.2. The Kier molecular flexibility index (Phi) is 4.46. The Bertz CT molecular complexity index is 356. The van der Waals surface area contributed by atoms with Gasteiger partial charge in [-0.05, 0) is 0 Å². The second-order valence-electron chi connectivity index (χ2n) is 3.25. The summed E-state index contributed by atoms with van der Waals surface area (Å²) >= 11 is 0. The Hall–Kier alpha value is -1.89. The molecule has 7 nitrogen and oxygen atoms in total. The highest BCUT2D eigenvalue weighted by Crippen LogP contribution is 2.11. The molecular formula is C9H16N6O. The van der Waals surface area contributed by atoms with Gasteiger partial charge in [0.15, 0.2) is 0 Å². The standard InChI is InChI=1S/C9H16N6O/c1-11-9(16)3-4-15(2)8-5-7(14-10)12-6-13-8/h5-6H,3-4,10H2,1-2H3,(H,11,16)(H,12,13,14). The molecule has 1 rings (SSSR count). The highest BCUT2D eigenvalue weighted by Gasteiger charge is 2.06. The Morgan fingerprint density at radius 2 is 2.31 bits per heavy atom. The van der Waals surface area contributed by atoms with E-state index < -0.39 is 0 Å². The van der Waals surface area contributed by atoms with Crippen molar-refractivity contribution in [1.82, 2.24) is 15.3 Å². The van der Waals surface area contributed by atoms with Crippen LogP contribution in [-0.2, 0) is 4.79 Å². The molecule has 16 heavy (non-hydrogen) atoms. The van der Waals surface area contributed by atoms with Gasteiger partial charge in [0.1, 0.15) is 18.0 Å². The first-order valence-corrected chi connectivity index (χ1v) is 4.87. The molecule has 0 aromatic carbocycles. The fourth-order valence-electron chi connectivity index (χ4n) is 1.14. The number of hydrogen-bond donors (Lipinski definition) is 3. The molecule has 1 amide bonds. The number of nitrogens with zero attached hydrogens (tertiary/aromatic N) is 3. The number of nitrogens with two attached hydrogens (primary N) is 1. The maximum atomic E-state index is 11.1. The van der Waals surface area contributed by atoms with E-state index in [4.69, 9.17) is 5.84 Å². The summed E-state index contributed by atoms with van der Waals surface area (Å²) in [4.78, 5) is 20.9. The van der Waals surface area contributed by atoms with Gasteiger partial charge in [-0.1, -0.05) is 0 Å². The summed E-state index contributed by atoms with van der Waals surface area (Å²) in [6.07, 6.45) is 1.84. The molecule has 1 heterocycles. The number of hydrazine groups is 1. The lowest BCUT2D eigenvalue weighted by molar-refractivity contribution is -0.120. The molecule has 0 atom stereocenters. The zero-order chi connectivity index (χ0) is 12.0. The summed E-state index contributed by atoms with van der Waals surface area (Å²) in [7, 11) is 3.47. The largest absolute Gasteiger partial charge is 0.359 e. The van der Waals surface area contributed by atoms with Gasteiger partial charge in [-0.15, -0.1) is 0 Å². The van der Waals surface area contributed by atoms with Gasteiger partial charge < -0.3 is 15.6 Å². The molecule has 0 saturated heterocycles. The molecule has 0 saturated carbocycles. The van der Waals surface area contributed by atoms with Crippen molar-refractivity contribution in [1.29, 1.82) is 0 Å². The molecule has 0 unspecified atom stereocenters. The number of hydrogen-bond acceptors (Lipinski definition) is 6. The quantitative estimate of drug-likeness (QED) is 0.453. The molecule has 0 aliphatic heterocycles. The molecule has 88 valence electrons. The van der Waals surface area contributed by atoms with Crippen LogP contribution < -0.4 is 21.5 Å². The van der Waals surface area contributed by atoms with Crippen LogP contribution in [0.4, 0.5) is 11.6 Å². The van der Waals surface area contributed by atoms with Crippen LogP contribution in [0.5, 0.6) is 0 Å². The first-order valence-electron chi connectivity index (χ1n) is 4.87. The van der Waals surface area contributed by atoms with Gasteiger partial charge in [-0.2, -0.15) is 0 Å². The average Bonchev–Trinajstić information content (AvgIpc) is 2.35. The average molecular weight is 224 g/mol. The molecule has 0 radical (unpaired) electrons. The number of carbonyl (C=O) groups excluding carboxylic acids is 1. The van der Waals surface area contributed by atoms with E-state index in [1.54, 1.807) is 13.1 Å². The van der Waals surface area contributed by atoms with E-state index in [0.717, 1.165) is 0 Å². The minimum atomic E-state index is -0.00178. The van der Waals surface area contributed by atoms with E-state index in [0.29, 0.717) is 24.6 Å². The SMILES string of the molecule is CNC(=O)CCN(C)c1cc(NN)ncn1. The van der Waals surface area contributed by atoms with E-state index in [-0.39, 0.29) is 5.91 Å². The van der Waals surface area contributed by atoms with Gasteiger partial charge >= 0.3 is 0 Å². The number of anilines is 2. The highest BCUT2D eigenvalue weighted by atomic mass is 16.1. The van der Waals surface area contributed by atoms with Crippen molar-refractivity contribution < 1.29 is 4.79 Å². The van der Waals surface area contributed by atoms with Gasteiger partial charge in [-0.25, -0.2) is 15.8 Å². The van der Waals surface area contributed by atoms with Gasteiger partial charge in [0.2, 0.25) is 5.91 Å². The molecule has 7 heteroatoms. The fraction of sp³-hybridized carbons (Fsp3) is 0.444. The molecule has 0 aliphatic carbocycles. The van der Waals surface area contributed by atoms with Crippen LogP contribution in [-0.4, -0.2) is 36.5 Å². The number of nitrogens with one attached hydrogen (secondary N) is 2. The van der Waals surface area contributed by atoms with Gasteiger partial charge in [-0.3, -0.25) is 4.79 Å². The number of rotatable bonds is 5. The fourth-order valence-corrected chi connectivity index (χ4v) is 1.14. The normalized spacial score (nSPS) is 9.69. The van der Waals surface area contributed by atoms with E-state index in [2.05, 4.69) is 20.7 Å². The minimum absolute atomic E-state index is 0.00178. The van der Waals surface area contributed by atoms with Crippen LogP contribution in [0, 0.1) is 0 Å². The van der Waals surface area contributed by atoms with E-state index in [1.165, 1.54) is 6.33 Å². The molecule has 0 fully saturated rings. The first-order chi connectivity index (χ1) is 7.67. The summed E-state index contributed by atoms with van der Waals surface area (Å²) in [5.74, 6) is 6.49. The summed E-state index contributed by atoms with van der Waals surface area (Å²) in [5.41, 5.74) is 2.44. The monoisotopic (exact) mass is 224 g/mol. The molecular weight excluding hydrogens is 208 g/mol. The van der Waals surface area contributed by atoms with Crippen molar-refractivity contribution in [3.63, 3.8) is 0 Å². The van der Waals surface area contributed by atoms with Crippen LogP contribution in [0.2, 0.25) is 0 Å². The van der Waals surface area contributed by atoms with Gasteiger partial charge in [0, 0.05) is 33.1 Å². The summed E-state index contributed by atoms with van der Waals surface area (Å²) < 4.78 is 0.